The fraction of sp³-hybridized carbons (Fsp3) is 0.273. The van der Waals surface area contributed by atoms with Gasteiger partial charge in [0.2, 0.25) is 0 Å². The zero-order chi connectivity index (χ0) is 9.80. The maximum absolute atomic E-state index is 8.62. The Morgan fingerprint density at radius 3 is 2.93 bits per heavy atom. The van der Waals surface area contributed by atoms with Gasteiger partial charge < -0.3 is 5.32 Å². The summed E-state index contributed by atoms with van der Waals surface area (Å²) in [5, 5.41) is 11.9. The van der Waals surface area contributed by atoms with Gasteiger partial charge in [-0.15, -0.1) is 0 Å². The predicted molar refractivity (Wildman–Crippen MR) is 54.4 cm³/mol. The lowest BCUT2D eigenvalue weighted by atomic mass is 10.1. The first-order chi connectivity index (χ1) is 6.90. The molecular formula is C11H11N3. The Bertz CT molecular complexity index is 384. The van der Waals surface area contributed by atoms with Crippen LogP contribution in [0.2, 0.25) is 0 Å². The van der Waals surface area contributed by atoms with E-state index in [0.717, 1.165) is 25.2 Å². The fourth-order valence-electron chi connectivity index (χ4n) is 1.51. The third-order valence-corrected chi connectivity index (χ3v) is 2.29. The van der Waals surface area contributed by atoms with Gasteiger partial charge in [0.25, 0.3) is 0 Å². The second kappa shape index (κ2) is 4.03. The molecule has 0 atom stereocenters. The van der Waals surface area contributed by atoms with E-state index in [4.69, 9.17) is 5.26 Å². The van der Waals surface area contributed by atoms with Gasteiger partial charge in [-0.2, -0.15) is 5.26 Å². The second-order valence-corrected chi connectivity index (χ2v) is 3.23. The van der Waals surface area contributed by atoms with E-state index in [1.54, 1.807) is 6.20 Å². The molecule has 0 aliphatic carbocycles. The largest absolute Gasteiger partial charge is 0.313 e. The van der Waals surface area contributed by atoms with E-state index >= 15 is 0 Å². The number of nitrogens with zero attached hydrogens (tertiary/aromatic N) is 2. The van der Waals surface area contributed by atoms with E-state index in [1.807, 2.05) is 12.1 Å². The van der Waals surface area contributed by atoms with E-state index in [2.05, 4.69) is 22.4 Å². The molecule has 1 aromatic rings. The summed E-state index contributed by atoms with van der Waals surface area (Å²) >= 11 is 0. The van der Waals surface area contributed by atoms with E-state index in [-0.39, 0.29) is 0 Å². The van der Waals surface area contributed by atoms with Gasteiger partial charge >= 0.3 is 0 Å². The summed E-state index contributed by atoms with van der Waals surface area (Å²) < 4.78 is 0. The van der Waals surface area contributed by atoms with Crippen molar-refractivity contribution in [1.82, 2.24) is 10.3 Å². The van der Waals surface area contributed by atoms with Gasteiger partial charge in [0.1, 0.15) is 6.07 Å². The normalized spacial score (nSPS) is 15.8. The molecular weight excluding hydrogens is 174 g/mol. The molecule has 1 aliphatic heterocycles. The number of hydrogen-bond acceptors (Lipinski definition) is 3. The molecule has 0 radical (unpaired) electrons. The van der Waals surface area contributed by atoms with E-state index in [0.29, 0.717) is 5.56 Å². The van der Waals surface area contributed by atoms with Crippen molar-refractivity contribution in [3.8, 4) is 6.07 Å². The average molecular weight is 185 g/mol. The van der Waals surface area contributed by atoms with Crippen LogP contribution >= 0.6 is 0 Å². The maximum atomic E-state index is 8.62. The van der Waals surface area contributed by atoms with Crippen molar-refractivity contribution in [2.24, 2.45) is 0 Å². The molecule has 0 bridgehead atoms. The summed E-state index contributed by atoms with van der Waals surface area (Å²) in [6.45, 7) is 1.92. The molecule has 14 heavy (non-hydrogen) atoms. The van der Waals surface area contributed by atoms with Crippen molar-refractivity contribution < 1.29 is 0 Å². The molecule has 3 nitrogen and oxygen atoms in total. The second-order valence-electron chi connectivity index (χ2n) is 3.23. The Kier molecular flexibility index (Phi) is 2.57. The molecule has 1 N–H and O–H groups in total. The van der Waals surface area contributed by atoms with Crippen LogP contribution in [0, 0.1) is 11.3 Å². The van der Waals surface area contributed by atoms with Gasteiger partial charge in [-0.25, -0.2) is 0 Å². The molecule has 0 unspecified atom stereocenters. The minimum absolute atomic E-state index is 0.614. The van der Waals surface area contributed by atoms with Crippen LogP contribution in [-0.2, 0) is 0 Å². The minimum atomic E-state index is 0.614. The molecule has 0 amide bonds. The van der Waals surface area contributed by atoms with Crippen molar-refractivity contribution in [3.63, 3.8) is 0 Å². The molecule has 0 saturated heterocycles. The molecule has 70 valence electrons. The average Bonchev–Trinajstić information content (AvgIpc) is 2.30. The van der Waals surface area contributed by atoms with Crippen LogP contribution in [0.4, 0.5) is 0 Å². The van der Waals surface area contributed by atoms with Crippen molar-refractivity contribution in [1.29, 1.82) is 5.26 Å². The van der Waals surface area contributed by atoms with Crippen LogP contribution in [-0.4, -0.2) is 18.1 Å². The first kappa shape index (κ1) is 8.92. The van der Waals surface area contributed by atoms with Crippen LogP contribution in [0.15, 0.2) is 24.4 Å². The van der Waals surface area contributed by atoms with Crippen LogP contribution in [0.25, 0.3) is 5.57 Å². The Morgan fingerprint density at radius 2 is 2.36 bits per heavy atom. The van der Waals surface area contributed by atoms with Crippen LogP contribution in [0.5, 0.6) is 0 Å². The highest BCUT2D eigenvalue weighted by Gasteiger charge is 2.06. The molecule has 3 heteroatoms. The van der Waals surface area contributed by atoms with Gasteiger partial charge in [0, 0.05) is 12.7 Å². The quantitative estimate of drug-likeness (QED) is 0.718. The molecule has 1 aromatic heterocycles. The fourth-order valence-corrected chi connectivity index (χ4v) is 1.51. The molecule has 0 aromatic carbocycles. The van der Waals surface area contributed by atoms with Crippen LogP contribution in [0.3, 0.4) is 0 Å². The Labute approximate surface area is 83.1 Å². The molecule has 0 spiro atoms. The highest BCUT2D eigenvalue weighted by atomic mass is 14.9. The van der Waals surface area contributed by atoms with Gasteiger partial charge in [-0.1, -0.05) is 6.08 Å². The smallest absolute Gasteiger partial charge is 0.101 e. The Morgan fingerprint density at radius 1 is 1.43 bits per heavy atom. The molecule has 2 heterocycles. The highest BCUT2D eigenvalue weighted by Crippen LogP contribution is 2.17. The maximum Gasteiger partial charge on any atom is 0.101 e. The number of rotatable bonds is 1. The van der Waals surface area contributed by atoms with E-state index in [9.17, 15) is 0 Å². The lowest BCUT2D eigenvalue weighted by molar-refractivity contribution is 0.737. The topological polar surface area (TPSA) is 48.7 Å². The van der Waals surface area contributed by atoms with Gasteiger partial charge in [-0.3, -0.25) is 4.98 Å². The van der Waals surface area contributed by atoms with Gasteiger partial charge in [0.15, 0.2) is 0 Å². The molecule has 2 rings (SSSR count). The van der Waals surface area contributed by atoms with E-state index < -0.39 is 0 Å². The predicted octanol–water partition coefficient (Wildman–Crippen LogP) is 1.33. The standard InChI is InChI=1S/C11H11N3/c12-7-9-1-2-11(14-8-9)10-3-5-13-6-4-10/h1-3,8,13H,4-6H2. The summed E-state index contributed by atoms with van der Waals surface area (Å²) in [6.07, 6.45) is 4.79. The number of pyridine rings is 1. The number of nitrogens with one attached hydrogen (secondary N) is 1. The summed E-state index contributed by atoms with van der Waals surface area (Å²) in [5.74, 6) is 0. The lowest BCUT2D eigenvalue weighted by Crippen LogP contribution is -2.20. The first-order valence-corrected chi connectivity index (χ1v) is 4.66. The number of nitriles is 1. The summed E-state index contributed by atoms with van der Waals surface area (Å²) in [7, 11) is 0. The van der Waals surface area contributed by atoms with Crippen LogP contribution in [0.1, 0.15) is 17.7 Å². The zero-order valence-corrected chi connectivity index (χ0v) is 7.83. The monoisotopic (exact) mass is 185 g/mol. The summed E-state index contributed by atoms with van der Waals surface area (Å²) in [5.41, 5.74) is 2.88. The van der Waals surface area contributed by atoms with Crippen molar-refractivity contribution >= 4 is 5.57 Å². The summed E-state index contributed by atoms with van der Waals surface area (Å²) in [4.78, 5) is 4.25. The molecule has 1 aliphatic rings. The van der Waals surface area contributed by atoms with Crippen molar-refractivity contribution in [3.05, 3.63) is 35.7 Å². The van der Waals surface area contributed by atoms with Crippen LogP contribution < -0.4 is 5.32 Å². The highest BCUT2D eigenvalue weighted by molar-refractivity contribution is 5.63. The molecule has 0 fully saturated rings. The minimum Gasteiger partial charge on any atom is -0.313 e. The summed E-state index contributed by atoms with van der Waals surface area (Å²) in [6, 6.07) is 5.79. The SMILES string of the molecule is N#Cc1ccc(C2=CCNCC2)nc1. The Balaban J connectivity index is 2.25. The zero-order valence-electron chi connectivity index (χ0n) is 7.83. The third-order valence-electron chi connectivity index (χ3n) is 2.29. The third kappa shape index (κ3) is 1.81. The first-order valence-electron chi connectivity index (χ1n) is 4.66. The van der Waals surface area contributed by atoms with Crippen molar-refractivity contribution in [2.75, 3.05) is 13.1 Å². The number of hydrogen-bond donors (Lipinski definition) is 1. The lowest BCUT2D eigenvalue weighted by Gasteiger charge is -2.12. The molecule has 0 saturated carbocycles. The van der Waals surface area contributed by atoms with Crippen molar-refractivity contribution in [2.45, 2.75) is 6.42 Å². The van der Waals surface area contributed by atoms with Gasteiger partial charge in [-0.05, 0) is 30.7 Å². The van der Waals surface area contributed by atoms with Gasteiger partial charge in [0.05, 0.1) is 11.3 Å². The number of aromatic nitrogens is 1. The Hall–Kier alpha value is -1.66. The van der Waals surface area contributed by atoms with E-state index in [1.165, 1.54) is 5.57 Å².